The van der Waals surface area contributed by atoms with E-state index in [-0.39, 0.29) is 36.5 Å². The highest BCUT2D eigenvalue weighted by molar-refractivity contribution is 6.61. The summed E-state index contributed by atoms with van der Waals surface area (Å²) in [5.41, 5.74) is 2.09. The third-order valence-electron chi connectivity index (χ3n) is 7.66. The van der Waals surface area contributed by atoms with E-state index in [0.717, 1.165) is 11.0 Å². The maximum Gasteiger partial charge on any atom is 0.494 e. The van der Waals surface area contributed by atoms with E-state index in [9.17, 15) is 9.59 Å². The molecule has 5 rings (SSSR count). The number of Topliss-reactive ketones (excluding diaryl/α,β-unsaturated/α-hetero) is 1. The molecule has 0 saturated carbocycles. The van der Waals surface area contributed by atoms with Crippen LogP contribution in [0.1, 0.15) is 100 Å². The lowest BCUT2D eigenvalue weighted by atomic mass is 9.79. The molecule has 0 amide bonds. The molecule has 0 spiro atoms. The van der Waals surface area contributed by atoms with E-state index in [0.29, 0.717) is 48.8 Å². The summed E-state index contributed by atoms with van der Waals surface area (Å²) < 4.78 is 35.6. The number of ketones is 1. The van der Waals surface area contributed by atoms with Crippen molar-refractivity contribution < 1.29 is 37.4 Å². The predicted octanol–water partition coefficient (Wildman–Crippen LogP) is 6.85. The summed E-state index contributed by atoms with van der Waals surface area (Å²) >= 11 is 0. The number of carbonyl (C=O) groups is 2. The second-order valence-electron chi connectivity index (χ2n) is 13.8. The largest absolute Gasteiger partial charge is 0.494 e. The zero-order valence-electron chi connectivity index (χ0n) is 28.0. The summed E-state index contributed by atoms with van der Waals surface area (Å²) in [6.07, 6.45) is 0.697. The van der Waals surface area contributed by atoms with Crippen LogP contribution in [0.2, 0.25) is 0 Å². The van der Waals surface area contributed by atoms with Crippen LogP contribution in [-0.4, -0.2) is 48.0 Å². The van der Waals surface area contributed by atoms with Gasteiger partial charge in [-0.1, -0.05) is 91.7 Å². The van der Waals surface area contributed by atoms with Gasteiger partial charge in [0.05, 0.1) is 37.0 Å². The molecule has 10 nitrogen and oxygen atoms in total. The van der Waals surface area contributed by atoms with Crippen molar-refractivity contribution in [3.05, 3.63) is 89.3 Å². The molecule has 1 unspecified atom stereocenters. The van der Waals surface area contributed by atoms with Crippen LogP contribution in [0.5, 0.6) is 0 Å². The number of nitrogens with zero attached hydrogens (tertiary/aromatic N) is 2. The maximum absolute atomic E-state index is 13.2. The van der Waals surface area contributed by atoms with Gasteiger partial charge in [0.2, 0.25) is 11.5 Å². The number of aromatic nitrogens is 2. The summed E-state index contributed by atoms with van der Waals surface area (Å²) in [6.45, 7) is 12.1. The Bertz CT molecular complexity index is 1620. The topological polar surface area (TPSA) is 123 Å². The van der Waals surface area contributed by atoms with E-state index in [1.807, 2.05) is 102 Å². The third-order valence-corrected chi connectivity index (χ3v) is 7.66. The molecule has 2 atom stereocenters. The van der Waals surface area contributed by atoms with Crippen molar-refractivity contribution in [2.45, 2.75) is 85.0 Å². The molecule has 1 fully saturated rings. The number of ether oxygens (including phenoxy) is 2. The van der Waals surface area contributed by atoms with Crippen LogP contribution in [0.25, 0.3) is 11.5 Å². The summed E-state index contributed by atoms with van der Waals surface area (Å²) in [4.78, 5) is 26.2. The lowest BCUT2D eigenvalue weighted by Gasteiger charge is -2.22. The normalized spacial score (nSPS) is 16.0. The molecular weight excluding hydrogens is 599 g/mol. The Morgan fingerprint density at radius 1 is 0.957 bits per heavy atom. The molecule has 2 aromatic heterocycles. The van der Waals surface area contributed by atoms with Gasteiger partial charge in [0.25, 0.3) is 0 Å². The summed E-state index contributed by atoms with van der Waals surface area (Å²) in [7, 11) is -0.608. The second kappa shape index (κ2) is 14.8. The van der Waals surface area contributed by atoms with Gasteiger partial charge in [-0.15, -0.1) is 0 Å². The van der Waals surface area contributed by atoms with Gasteiger partial charge in [-0.2, -0.15) is 0 Å². The molecule has 3 heterocycles. The fourth-order valence-electron chi connectivity index (χ4n) is 5.41. The quantitative estimate of drug-likeness (QED) is 0.0662. The standard InChI is InChI=1S/C36H43BN2O8/c1-35(2,3)34(41)28-21-27(38-46-28)33-31(29-23-43-37(45-29)26-17-11-8-12-18-26)32(39-47-33)25(20-30(40)44-36(4,5)6)16-13-19-42-22-24-14-9-7-10-15-24/h7-12,14-15,17-18,21,25,29H,13,16,19-20,22-23H2,1-6H3/t25-,29?/m0/s1. The van der Waals surface area contributed by atoms with Gasteiger partial charge in [-0.3, -0.25) is 9.59 Å². The SMILES string of the molecule is CC(C)(C)OC(=O)C[C@H](CCCOCc1ccccc1)c1noc(-c2cc(C(=O)C(C)(C)C)on2)c1C1COB(c2ccccc2)O1. The van der Waals surface area contributed by atoms with E-state index >= 15 is 0 Å². The molecule has 2 aromatic carbocycles. The zero-order valence-corrected chi connectivity index (χ0v) is 28.0. The molecule has 0 bridgehead atoms. The van der Waals surface area contributed by atoms with Crippen LogP contribution in [0, 0.1) is 5.41 Å². The summed E-state index contributed by atoms with van der Waals surface area (Å²) in [5.74, 6) is -0.523. The van der Waals surface area contributed by atoms with E-state index in [4.69, 9.17) is 27.8 Å². The summed E-state index contributed by atoms with van der Waals surface area (Å²) in [6, 6.07) is 21.2. The maximum atomic E-state index is 13.2. The van der Waals surface area contributed by atoms with Crippen molar-refractivity contribution in [3.63, 3.8) is 0 Å². The van der Waals surface area contributed by atoms with Crippen molar-refractivity contribution >= 4 is 24.3 Å². The van der Waals surface area contributed by atoms with Crippen molar-refractivity contribution in [1.82, 2.24) is 10.3 Å². The number of carbonyl (C=O) groups excluding carboxylic acids is 2. The van der Waals surface area contributed by atoms with Crippen LogP contribution < -0.4 is 5.46 Å². The first-order valence-corrected chi connectivity index (χ1v) is 16.1. The fraction of sp³-hybridized carbons (Fsp3) is 0.444. The van der Waals surface area contributed by atoms with Crippen molar-refractivity contribution in [2.24, 2.45) is 5.41 Å². The minimum atomic E-state index is -0.668. The van der Waals surface area contributed by atoms with Crippen LogP contribution in [-0.2, 0) is 30.2 Å². The molecule has 11 heteroatoms. The molecule has 4 aromatic rings. The minimum Gasteiger partial charge on any atom is -0.460 e. The van der Waals surface area contributed by atoms with Crippen LogP contribution >= 0.6 is 0 Å². The first-order chi connectivity index (χ1) is 22.4. The zero-order chi connectivity index (χ0) is 33.6. The summed E-state index contributed by atoms with van der Waals surface area (Å²) in [5, 5.41) is 8.70. The molecular formula is C36H43BN2O8. The highest BCUT2D eigenvalue weighted by atomic mass is 16.6. The highest BCUT2D eigenvalue weighted by Crippen LogP contribution is 2.41. The van der Waals surface area contributed by atoms with E-state index in [1.165, 1.54) is 0 Å². The average Bonchev–Trinajstić information content (AvgIpc) is 3.79. The van der Waals surface area contributed by atoms with E-state index in [1.54, 1.807) is 6.07 Å². The fourth-order valence-corrected chi connectivity index (χ4v) is 5.41. The van der Waals surface area contributed by atoms with Crippen molar-refractivity contribution in [1.29, 1.82) is 0 Å². The van der Waals surface area contributed by atoms with Crippen molar-refractivity contribution in [2.75, 3.05) is 13.2 Å². The Morgan fingerprint density at radius 2 is 1.66 bits per heavy atom. The molecule has 1 aliphatic rings. The molecule has 0 N–H and O–H groups in total. The highest BCUT2D eigenvalue weighted by Gasteiger charge is 2.41. The lowest BCUT2D eigenvalue weighted by Crippen LogP contribution is -2.31. The number of hydrogen-bond acceptors (Lipinski definition) is 10. The van der Waals surface area contributed by atoms with Gasteiger partial charge in [-0.05, 0) is 44.6 Å². The Labute approximate surface area is 276 Å². The molecule has 1 saturated heterocycles. The number of esters is 1. The molecule has 1 aliphatic heterocycles. The van der Waals surface area contributed by atoms with Gasteiger partial charge < -0.3 is 27.8 Å². The van der Waals surface area contributed by atoms with E-state index < -0.39 is 24.2 Å². The number of hydrogen-bond donors (Lipinski definition) is 0. The molecule has 248 valence electrons. The average molecular weight is 643 g/mol. The molecule has 0 radical (unpaired) electrons. The third kappa shape index (κ3) is 9.06. The number of rotatable bonds is 13. The van der Waals surface area contributed by atoms with Crippen molar-refractivity contribution in [3.8, 4) is 11.5 Å². The van der Waals surface area contributed by atoms with Crippen LogP contribution in [0.4, 0.5) is 0 Å². The Hall–Kier alpha value is -4.06. The molecule has 47 heavy (non-hydrogen) atoms. The minimum absolute atomic E-state index is 0.0667. The molecule has 0 aliphatic carbocycles. The first-order valence-electron chi connectivity index (χ1n) is 16.1. The first kappa shape index (κ1) is 34.3. The van der Waals surface area contributed by atoms with E-state index in [2.05, 4.69) is 10.3 Å². The van der Waals surface area contributed by atoms with Gasteiger partial charge in [0, 0.05) is 24.0 Å². The van der Waals surface area contributed by atoms with Gasteiger partial charge in [0.1, 0.15) is 5.60 Å². The number of benzene rings is 2. The Morgan fingerprint density at radius 3 is 2.34 bits per heavy atom. The van der Waals surface area contributed by atoms with Crippen LogP contribution in [0.15, 0.2) is 75.8 Å². The van der Waals surface area contributed by atoms with Gasteiger partial charge in [0.15, 0.2) is 11.5 Å². The smallest absolute Gasteiger partial charge is 0.460 e. The predicted molar refractivity (Wildman–Crippen MR) is 176 cm³/mol. The Balaban J connectivity index is 1.45. The second-order valence-corrected chi connectivity index (χ2v) is 13.8. The lowest BCUT2D eigenvalue weighted by molar-refractivity contribution is -0.155. The monoisotopic (exact) mass is 642 g/mol. The van der Waals surface area contributed by atoms with Gasteiger partial charge in [-0.25, -0.2) is 0 Å². The Kier molecular flexibility index (Phi) is 10.8. The van der Waals surface area contributed by atoms with Crippen LogP contribution in [0.3, 0.4) is 0 Å². The van der Waals surface area contributed by atoms with Gasteiger partial charge >= 0.3 is 13.1 Å².